The molecule has 1 saturated heterocycles. The molecule has 5 nitrogen and oxygen atoms in total. The zero-order chi connectivity index (χ0) is 14.8. The third kappa shape index (κ3) is 3.35. The normalized spacial score (nSPS) is 18.8. The number of hydrogen-bond acceptors (Lipinski definition) is 4. The van der Waals surface area contributed by atoms with Crippen LogP contribution >= 0.6 is 0 Å². The van der Waals surface area contributed by atoms with Gasteiger partial charge in [0.2, 0.25) is 0 Å². The number of benzene rings is 1. The van der Waals surface area contributed by atoms with E-state index in [9.17, 15) is 10.1 Å². The molecule has 2 rings (SSSR count). The van der Waals surface area contributed by atoms with E-state index in [1.165, 1.54) is 0 Å². The summed E-state index contributed by atoms with van der Waals surface area (Å²) in [5.41, 5.74) is 1.24. The minimum atomic E-state index is -0.318. The van der Waals surface area contributed by atoms with Crippen molar-refractivity contribution in [3.05, 3.63) is 39.9 Å². The van der Waals surface area contributed by atoms with Crippen LogP contribution in [0.25, 0.3) is 0 Å². The fraction of sp³-hybridized carbons (Fsp3) is 0.600. The van der Waals surface area contributed by atoms with E-state index in [2.05, 4.69) is 31.0 Å². The predicted molar refractivity (Wildman–Crippen MR) is 79.7 cm³/mol. The number of non-ortho nitro benzene ring substituents is 1. The molecule has 0 radical (unpaired) electrons. The lowest BCUT2D eigenvalue weighted by molar-refractivity contribution is -0.385. The third-order valence-electron chi connectivity index (χ3n) is 3.73. The van der Waals surface area contributed by atoms with E-state index < -0.39 is 0 Å². The van der Waals surface area contributed by atoms with Crippen molar-refractivity contribution in [2.75, 3.05) is 26.2 Å². The van der Waals surface area contributed by atoms with E-state index in [4.69, 9.17) is 0 Å². The first-order valence-corrected chi connectivity index (χ1v) is 7.09. The van der Waals surface area contributed by atoms with Crippen LogP contribution in [0.3, 0.4) is 0 Å². The molecule has 0 amide bonds. The van der Waals surface area contributed by atoms with Crippen LogP contribution in [0.2, 0.25) is 0 Å². The summed E-state index contributed by atoms with van der Waals surface area (Å²) in [6.45, 7) is 10.5. The minimum absolute atomic E-state index is 0.0343. The quantitative estimate of drug-likeness (QED) is 0.681. The molecule has 1 N–H and O–H groups in total. The van der Waals surface area contributed by atoms with Crippen molar-refractivity contribution >= 4 is 5.69 Å². The fourth-order valence-electron chi connectivity index (χ4n) is 3.01. The van der Waals surface area contributed by atoms with Gasteiger partial charge < -0.3 is 5.32 Å². The smallest absolute Gasteiger partial charge is 0.269 e. The average molecular weight is 277 g/mol. The van der Waals surface area contributed by atoms with E-state index in [-0.39, 0.29) is 22.1 Å². The van der Waals surface area contributed by atoms with Crippen LogP contribution in [0, 0.1) is 15.5 Å². The Balaban J connectivity index is 2.35. The molecule has 1 aliphatic heterocycles. The first-order chi connectivity index (χ1) is 9.39. The van der Waals surface area contributed by atoms with Gasteiger partial charge >= 0.3 is 0 Å². The van der Waals surface area contributed by atoms with Gasteiger partial charge in [0.05, 0.1) is 4.92 Å². The molecule has 0 aromatic heterocycles. The van der Waals surface area contributed by atoms with Crippen LogP contribution in [-0.2, 0) is 0 Å². The minimum Gasteiger partial charge on any atom is -0.314 e. The predicted octanol–water partition coefficient (Wildman–Crippen LogP) is 2.59. The van der Waals surface area contributed by atoms with Crippen LogP contribution in [0.15, 0.2) is 24.3 Å². The van der Waals surface area contributed by atoms with Crippen molar-refractivity contribution in [2.24, 2.45) is 5.41 Å². The topological polar surface area (TPSA) is 58.4 Å². The standard InChI is InChI=1S/C15H23N3O2/c1-15(2,3)14(17-9-7-16-8-10-17)12-5-4-6-13(11-12)18(19)20/h4-6,11,14,16H,7-10H2,1-3H3/t14-/m0/s1. The van der Waals surface area contributed by atoms with E-state index in [1.54, 1.807) is 18.2 Å². The summed E-state index contributed by atoms with van der Waals surface area (Å²) in [7, 11) is 0. The molecule has 0 saturated carbocycles. The molecule has 20 heavy (non-hydrogen) atoms. The molecule has 0 aliphatic carbocycles. The van der Waals surface area contributed by atoms with Crippen LogP contribution < -0.4 is 5.32 Å². The second kappa shape index (κ2) is 5.89. The molecule has 1 heterocycles. The van der Waals surface area contributed by atoms with Gasteiger partial charge in [0, 0.05) is 44.4 Å². The molecule has 1 aromatic carbocycles. The second-order valence-corrected chi connectivity index (χ2v) is 6.41. The van der Waals surface area contributed by atoms with Crippen molar-refractivity contribution < 1.29 is 4.92 Å². The van der Waals surface area contributed by atoms with Crippen molar-refractivity contribution in [1.29, 1.82) is 0 Å². The highest BCUT2D eigenvalue weighted by Gasteiger charge is 2.33. The highest BCUT2D eigenvalue weighted by Crippen LogP contribution is 2.38. The van der Waals surface area contributed by atoms with Gasteiger partial charge in [0.1, 0.15) is 0 Å². The Kier molecular flexibility index (Phi) is 4.40. The fourth-order valence-corrected chi connectivity index (χ4v) is 3.01. The van der Waals surface area contributed by atoms with Crippen LogP contribution in [0.1, 0.15) is 32.4 Å². The summed E-state index contributed by atoms with van der Waals surface area (Å²) in [6.07, 6.45) is 0. The lowest BCUT2D eigenvalue weighted by Gasteiger charge is -2.42. The number of nitrogens with one attached hydrogen (secondary N) is 1. The Labute approximate surface area is 120 Å². The summed E-state index contributed by atoms with van der Waals surface area (Å²) in [4.78, 5) is 13.1. The van der Waals surface area contributed by atoms with Gasteiger partial charge in [-0.2, -0.15) is 0 Å². The summed E-state index contributed by atoms with van der Waals surface area (Å²) >= 11 is 0. The largest absolute Gasteiger partial charge is 0.314 e. The average Bonchev–Trinajstić information content (AvgIpc) is 2.39. The summed E-state index contributed by atoms with van der Waals surface area (Å²) in [5, 5.41) is 14.3. The molecule has 0 bridgehead atoms. The van der Waals surface area contributed by atoms with Gasteiger partial charge in [-0.3, -0.25) is 15.0 Å². The zero-order valence-electron chi connectivity index (χ0n) is 12.4. The molecule has 110 valence electrons. The van der Waals surface area contributed by atoms with Gasteiger partial charge in [0.15, 0.2) is 0 Å². The number of nitro groups is 1. The summed E-state index contributed by atoms with van der Waals surface area (Å²) in [5.74, 6) is 0. The van der Waals surface area contributed by atoms with Gasteiger partial charge in [-0.15, -0.1) is 0 Å². The number of hydrogen-bond donors (Lipinski definition) is 1. The van der Waals surface area contributed by atoms with E-state index in [0.717, 1.165) is 31.7 Å². The van der Waals surface area contributed by atoms with Crippen molar-refractivity contribution in [1.82, 2.24) is 10.2 Å². The van der Waals surface area contributed by atoms with Gasteiger partial charge in [-0.25, -0.2) is 0 Å². The molecule has 1 atom stereocenters. The Morgan fingerprint density at radius 2 is 1.95 bits per heavy atom. The molecular formula is C15H23N3O2. The van der Waals surface area contributed by atoms with E-state index in [0.29, 0.717) is 0 Å². The van der Waals surface area contributed by atoms with E-state index >= 15 is 0 Å². The van der Waals surface area contributed by atoms with Crippen molar-refractivity contribution in [3.63, 3.8) is 0 Å². The van der Waals surface area contributed by atoms with Gasteiger partial charge in [0.25, 0.3) is 5.69 Å². The maximum atomic E-state index is 11.0. The Hall–Kier alpha value is -1.46. The number of nitrogens with zero attached hydrogens (tertiary/aromatic N) is 2. The van der Waals surface area contributed by atoms with Crippen LogP contribution in [0.4, 0.5) is 5.69 Å². The maximum Gasteiger partial charge on any atom is 0.269 e. The highest BCUT2D eigenvalue weighted by atomic mass is 16.6. The number of piperazine rings is 1. The molecule has 1 aliphatic rings. The third-order valence-corrected chi connectivity index (χ3v) is 3.73. The molecule has 0 spiro atoms. The van der Waals surface area contributed by atoms with Crippen LogP contribution in [-0.4, -0.2) is 36.0 Å². The van der Waals surface area contributed by atoms with Crippen LogP contribution in [0.5, 0.6) is 0 Å². The Bertz CT molecular complexity index is 476. The summed E-state index contributed by atoms with van der Waals surface area (Å²) < 4.78 is 0. The first kappa shape index (κ1) is 14.9. The Morgan fingerprint density at radius 3 is 2.50 bits per heavy atom. The lowest BCUT2D eigenvalue weighted by atomic mass is 9.81. The second-order valence-electron chi connectivity index (χ2n) is 6.41. The monoisotopic (exact) mass is 277 g/mol. The molecule has 1 fully saturated rings. The maximum absolute atomic E-state index is 11.0. The highest BCUT2D eigenvalue weighted by molar-refractivity contribution is 5.36. The molecule has 1 aromatic rings. The number of nitro benzene ring substituents is 1. The molecule has 0 unspecified atom stereocenters. The first-order valence-electron chi connectivity index (χ1n) is 7.09. The molecule has 5 heteroatoms. The number of rotatable bonds is 3. The Morgan fingerprint density at radius 1 is 1.30 bits per heavy atom. The van der Waals surface area contributed by atoms with E-state index in [1.807, 2.05) is 6.07 Å². The van der Waals surface area contributed by atoms with Crippen molar-refractivity contribution in [3.8, 4) is 0 Å². The van der Waals surface area contributed by atoms with Gasteiger partial charge in [-0.1, -0.05) is 32.9 Å². The van der Waals surface area contributed by atoms with Gasteiger partial charge in [-0.05, 0) is 11.0 Å². The SMILES string of the molecule is CC(C)(C)[C@H](c1cccc([N+](=O)[O-])c1)N1CCNCC1. The lowest BCUT2D eigenvalue weighted by Crippen LogP contribution is -2.48. The van der Waals surface area contributed by atoms with Crippen molar-refractivity contribution in [2.45, 2.75) is 26.8 Å². The summed E-state index contributed by atoms with van der Waals surface area (Å²) in [6, 6.07) is 7.27. The molecular weight excluding hydrogens is 254 g/mol. The zero-order valence-corrected chi connectivity index (χ0v) is 12.4.